The number of ether oxygens (including phenoxy) is 1. The summed E-state index contributed by atoms with van der Waals surface area (Å²) in [4.78, 5) is 10.9. The molecule has 6 heteroatoms. The number of aromatic nitrogens is 3. The van der Waals surface area contributed by atoms with Crippen molar-refractivity contribution in [1.29, 1.82) is 0 Å². The monoisotopic (exact) mass is 261 g/mol. The van der Waals surface area contributed by atoms with Gasteiger partial charge >= 0.3 is 5.97 Å². The third kappa shape index (κ3) is 2.57. The fourth-order valence-corrected chi connectivity index (χ4v) is 1.90. The second kappa shape index (κ2) is 5.09. The molecule has 100 valence electrons. The van der Waals surface area contributed by atoms with Gasteiger partial charge in [-0.15, -0.1) is 5.10 Å². The molecule has 2 rings (SSSR count). The van der Waals surface area contributed by atoms with Crippen molar-refractivity contribution < 1.29 is 14.6 Å². The molecule has 0 spiro atoms. The van der Waals surface area contributed by atoms with Gasteiger partial charge in [0, 0.05) is 5.56 Å². The summed E-state index contributed by atoms with van der Waals surface area (Å²) < 4.78 is 6.85. The van der Waals surface area contributed by atoms with Crippen LogP contribution in [0.4, 0.5) is 0 Å². The van der Waals surface area contributed by atoms with Gasteiger partial charge in [-0.2, -0.15) is 0 Å². The van der Waals surface area contributed by atoms with Crippen molar-refractivity contribution in [1.82, 2.24) is 15.0 Å². The molecule has 0 saturated carbocycles. The lowest BCUT2D eigenvalue weighted by molar-refractivity contribution is 0.0689. The van der Waals surface area contributed by atoms with E-state index >= 15 is 0 Å². The predicted octanol–water partition coefficient (Wildman–Crippen LogP) is 1.65. The molecule has 0 saturated heterocycles. The zero-order valence-electron chi connectivity index (χ0n) is 11.0. The van der Waals surface area contributed by atoms with Crippen LogP contribution in [0.3, 0.4) is 0 Å². The highest BCUT2D eigenvalue weighted by molar-refractivity contribution is 5.86. The number of aryl methyl sites for hydroxylation is 1. The van der Waals surface area contributed by atoms with Crippen molar-refractivity contribution in [2.45, 2.75) is 20.4 Å². The molecule has 6 nitrogen and oxygen atoms in total. The maximum absolute atomic E-state index is 10.9. The van der Waals surface area contributed by atoms with Gasteiger partial charge in [0.05, 0.1) is 19.3 Å². The lowest BCUT2D eigenvalue weighted by Crippen LogP contribution is -2.07. The summed E-state index contributed by atoms with van der Waals surface area (Å²) in [6, 6.07) is 5.83. The summed E-state index contributed by atoms with van der Waals surface area (Å²) in [5.74, 6) is -0.322. The van der Waals surface area contributed by atoms with Crippen LogP contribution in [0.15, 0.2) is 18.2 Å². The Kier molecular flexibility index (Phi) is 3.50. The summed E-state index contributed by atoms with van der Waals surface area (Å²) >= 11 is 0. The standard InChI is InChI=1S/C13H15N3O3/c1-8-4-5-11(19-3)10(6-8)7-16-9(2)12(13(17)18)14-15-16/h4-6H,7H2,1-3H3,(H,17,18). The zero-order valence-corrected chi connectivity index (χ0v) is 11.0. The predicted molar refractivity (Wildman–Crippen MR) is 68.6 cm³/mol. The van der Waals surface area contributed by atoms with E-state index in [1.165, 1.54) is 0 Å². The highest BCUT2D eigenvalue weighted by Crippen LogP contribution is 2.21. The van der Waals surface area contributed by atoms with Crippen LogP contribution in [-0.2, 0) is 6.54 Å². The van der Waals surface area contributed by atoms with E-state index in [0.717, 1.165) is 16.9 Å². The van der Waals surface area contributed by atoms with Crippen LogP contribution in [0.2, 0.25) is 0 Å². The van der Waals surface area contributed by atoms with Gasteiger partial charge in [-0.1, -0.05) is 22.9 Å². The number of hydrogen-bond donors (Lipinski definition) is 1. The van der Waals surface area contributed by atoms with Crippen molar-refractivity contribution in [3.05, 3.63) is 40.7 Å². The molecule has 0 unspecified atom stereocenters. The Bertz CT molecular complexity index is 620. The van der Waals surface area contributed by atoms with Gasteiger partial charge in [0.15, 0.2) is 5.69 Å². The van der Waals surface area contributed by atoms with Crippen molar-refractivity contribution in [3.8, 4) is 5.75 Å². The van der Waals surface area contributed by atoms with Crippen LogP contribution >= 0.6 is 0 Å². The summed E-state index contributed by atoms with van der Waals surface area (Å²) in [5, 5.41) is 16.5. The third-order valence-corrected chi connectivity index (χ3v) is 2.94. The lowest BCUT2D eigenvalue weighted by atomic mass is 10.1. The molecule has 0 amide bonds. The first-order valence-corrected chi connectivity index (χ1v) is 5.80. The molecule has 0 radical (unpaired) electrons. The first kappa shape index (κ1) is 13.1. The number of methoxy groups -OCH3 is 1. The number of hydrogen-bond acceptors (Lipinski definition) is 4. The molecule has 1 aromatic carbocycles. The van der Waals surface area contributed by atoms with E-state index in [-0.39, 0.29) is 5.69 Å². The Labute approximate surface area is 110 Å². The number of aromatic carboxylic acids is 1. The summed E-state index contributed by atoms with van der Waals surface area (Å²) in [5.41, 5.74) is 2.54. The van der Waals surface area contributed by atoms with Crippen LogP contribution in [-0.4, -0.2) is 33.2 Å². The van der Waals surface area contributed by atoms with E-state index in [0.29, 0.717) is 12.2 Å². The fraction of sp³-hybridized carbons (Fsp3) is 0.308. The summed E-state index contributed by atoms with van der Waals surface area (Å²) in [6.45, 7) is 4.10. The highest BCUT2D eigenvalue weighted by atomic mass is 16.5. The van der Waals surface area contributed by atoms with Crippen molar-refractivity contribution in [2.24, 2.45) is 0 Å². The SMILES string of the molecule is COc1ccc(C)cc1Cn1nnc(C(=O)O)c1C. The first-order valence-electron chi connectivity index (χ1n) is 5.80. The number of carbonyl (C=O) groups is 1. The smallest absolute Gasteiger partial charge is 0.358 e. The second-order valence-electron chi connectivity index (χ2n) is 4.30. The molecule has 1 heterocycles. The van der Waals surface area contributed by atoms with E-state index in [1.807, 2.05) is 25.1 Å². The number of benzene rings is 1. The average molecular weight is 261 g/mol. The molecule has 0 aliphatic heterocycles. The van der Waals surface area contributed by atoms with E-state index in [2.05, 4.69) is 10.3 Å². The quantitative estimate of drug-likeness (QED) is 0.905. The van der Waals surface area contributed by atoms with Gasteiger partial charge in [0.25, 0.3) is 0 Å². The van der Waals surface area contributed by atoms with Crippen LogP contribution in [0.1, 0.15) is 27.3 Å². The Hall–Kier alpha value is -2.37. The lowest BCUT2D eigenvalue weighted by Gasteiger charge is -2.10. The summed E-state index contributed by atoms with van der Waals surface area (Å²) in [6.07, 6.45) is 0. The van der Waals surface area contributed by atoms with Crippen LogP contribution in [0, 0.1) is 13.8 Å². The Morgan fingerprint density at radius 2 is 2.16 bits per heavy atom. The van der Waals surface area contributed by atoms with E-state index < -0.39 is 5.97 Å². The second-order valence-corrected chi connectivity index (χ2v) is 4.30. The average Bonchev–Trinajstić information content (AvgIpc) is 2.71. The zero-order chi connectivity index (χ0) is 14.0. The molecule has 0 atom stereocenters. The molecule has 0 bridgehead atoms. The van der Waals surface area contributed by atoms with Gasteiger partial charge in [-0.05, 0) is 19.9 Å². The van der Waals surface area contributed by atoms with Crippen LogP contribution in [0.5, 0.6) is 5.75 Å². The molecule has 1 aromatic heterocycles. The van der Waals surface area contributed by atoms with E-state index in [9.17, 15) is 4.79 Å². The molecular formula is C13H15N3O3. The maximum atomic E-state index is 10.9. The van der Waals surface area contributed by atoms with Crippen molar-refractivity contribution >= 4 is 5.97 Å². The number of rotatable bonds is 4. The van der Waals surface area contributed by atoms with Gasteiger partial charge in [-0.3, -0.25) is 0 Å². The minimum Gasteiger partial charge on any atom is -0.496 e. The van der Waals surface area contributed by atoms with Gasteiger partial charge in [0.2, 0.25) is 0 Å². The van der Waals surface area contributed by atoms with E-state index in [1.54, 1.807) is 18.7 Å². The topological polar surface area (TPSA) is 77.2 Å². The van der Waals surface area contributed by atoms with Crippen molar-refractivity contribution in [2.75, 3.05) is 7.11 Å². The Balaban J connectivity index is 2.36. The fourth-order valence-electron chi connectivity index (χ4n) is 1.90. The number of carboxylic acids is 1. The Morgan fingerprint density at radius 1 is 1.42 bits per heavy atom. The molecule has 0 fully saturated rings. The Morgan fingerprint density at radius 3 is 2.74 bits per heavy atom. The molecular weight excluding hydrogens is 246 g/mol. The maximum Gasteiger partial charge on any atom is 0.358 e. The number of nitrogens with zero attached hydrogens (tertiary/aromatic N) is 3. The van der Waals surface area contributed by atoms with Crippen LogP contribution < -0.4 is 4.74 Å². The van der Waals surface area contributed by atoms with Gasteiger partial charge in [-0.25, -0.2) is 9.48 Å². The molecule has 1 N–H and O–H groups in total. The summed E-state index contributed by atoms with van der Waals surface area (Å²) in [7, 11) is 1.60. The van der Waals surface area contributed by atoms with Crippen LogP contribution in [0.25, 0.3) is 0 Å². The van der Waals surface area contributed by atoms with E-state index in [4.69, 9.17) is 9.84 Å². The minimum absolute atomic E-state index is 0.0216. The highest BCUT2D eigenvalue weighted by Gasteiger charge is 2.16. The van der Waals surface area contributed by atoms with Gasteiger partial charge < -0.3 is 9.84 Å². The largest absolute Gasteiger partial charge is 0.496 e. The third-order valence-electron chi connectivity index (χ3n) is 2.94. The van der Waals surface area contributed by atoms with Crippen molar-refractivity contribution in [3.63, 3.8) is 0 Å². The normalized spacial score (nSPS) is 10.5. The first-order chi connectivity index (χ1) is 9.02. The molecule has 0 aliphatic rings. The molecule has 0 aliphatic carbocycles. The molecule has 2 aromatic rings. The molecule has 19 heavy (non-hydrogen) atoms. The van der Waals surface area contributed by atoms with Gasteiger partial charge in [0.1, 0.15) is 5.75 Å². The number of carboxylic acid groups (broad SMARTS) is 1. The minimum atomic E-state index is -1.07.